The monoisotopic (exact) mass is 299 g/mol. The molecule has 0 aliphatic rings. The van der Waals surface area contributed by atoms with E-state index in [4.69, 9.17) is 11.6 Å². The van der Waals surface area contributed by atoms with Gasteiger partial charge in [0.2, 0.25) is 0 Å². The van der Waals surface area contributed by atoms with E-state index in [0.717, 1.165) is 37.9 Å². The Labute approximate surface area is 127 Å². The van der Waals surface area contributed by atoms with Crippen LogP contribution in [0.5, 0.6) is 0 Å². The van der Waals surface area contributed by atoms with Crippen LogP contribution in [0.15, 0.2) is 18.2 Å². The summed E-state index contributed by atoms with van der Waals surface area (Å²) in [5.41, 5.74) is 0.827. The number of halogens is 2. The molecule has 0 bridgehead atoms. The van der Waals surface area contributed by atoms with Gasteiger partial charge in [-0.05, 0) is 48.8 Å². The van der Waals surface area contributed by atoms with Gasteiger partial charge < -0.3 is 5.32 Å². The van der Waals surface area contributed by atoms with Crippen molar-refractivity contribution in [2.75, 3.05) is 13.1 Å². The van der Waals surface area contributed by atoms with Crippen molar-refractivity contribution in [3.8, 4) is 0 Å². The summed E-state index contributed by atoms with van der Waals surface area (Å²) in [6, 6.07) is 5.29. The maximum Gasteiger partial charge on any atom is 0.144 e. The molecule has 0 saturated carbocycles. The minimum Gasteiger partial charge on any atom is -0.316 e. The normalized spacial score (nSPS) is 12.2. The first-order chi connectivity index (χ1) is 9.44. The topological polar surface area (TPSA) is 12.0 Å². The summed E-state index contributed by atoms with van der Waals surface area (Å²) in [5, 5.41) is 3.75. The van der Waals surface area contributed by atoms with E-state index in [9.17, 15) is 4.39 Å². The highest BCUT2D eigenvalue weighted by Gasteiger charge is 2.27. The first-order valence-electron chi connectivity index (χ1n) is 7.57. The van der Waals surface area contributed by atoms with Gasteiger partial charge in [0.25, 0.3) is 0 Å². The predicted octanol–water partition coefficient (Wildman–Crippen LogP) is 5.07. The molecule has 0 saturated heterocycles. The van der Waals surface area contributed by atoms with Crippen molar-refractivity contribution in [3.63, 3.8) is 0 Å². The Hall–Kier alpha value is -0.600. The third-order valence-electron chi connectivity index (χ3n) is 4.15. The van der Waals surface area contributed by atoms with Crippen LogP contribution in [-0.2, 0) is 6.42 Å². The van der Waals surface area contributed by atoms with Gasteiger partial charge in [0.1, 0.15) is 5.82 Å². The van der Waals surface area contributed by atoms with Gasteiger partial charge in [-0.15, -0.1) is 0 Å². The minimum absolute atomic E-state index is 0.0976. The Bertz CT molecular complexity index is 413. The zero-order valence-electron chi connectivity index (χ0n) is 13.1. The number of benzene rings is 1. The van der Waals surface area contributed by atoms with E-state index < -0.39 is 0 Å². The maximum absolute atomic E-state index is 14.1. The third-order valence-corrected chi connectivity index (χ3v) is 4.44. The van der Waals surface area contributed by atoms with Crippen LogP contribution in [0.4, 0.5) is 4.39 Å². The van der Waals surface area contributed by atoms with E-state index in [1.54, 1.807) is 6.07 Å². The molecule has 3 heteroatoms. The van der Waals surface area contributed by atoms with E-state index in [-0.39, 0.29) is 16.3 Å². The minimum atomic E-state index is -0.260. The zero-order valence-corrected chi connectivity index (χ0v) is 13.9. The Morgan fingerprint density at radius 3 is 2.45 bits per heavy atom. The lowest BCUT2D eigenvalue weighted by Crippen LogP contribution is -2.37. The van der Waals surface area contributed by atoms with Crippen LogP contribution in [0.2, 0.25) is 5.02 Å². The fourth-order valence-electron chi connectivity index (χ4n) is 2.53. The average Bonchev–Trinajstić information content (AvgIpc) is 2.42. The molecular formula is C17H27ClFN. The number of hydrogen-bond donors (Lipinski definition) is 1. The zero-order chi connectivity index (χ0) is 15.2. The molecule has 1 rings (SSSR count). The summed E-state index contributed by atoms with van der Waals surface area (Å²) in [4.78, 5) is 0. The van der Waals surface area contributed by atoms with Crippen LogP contribution < -0.4 is 5.32 Å². The van der Waals surface area contributed by atoms with E-state index in [1.165, 1.54) is 0 Å². The van der Waals surface area contributed by atoms with E-state index in [1.807, 2.05) is 12.1 Å². The van der Waals surface area contributed by atoms with Crippen LogP contribution in [0.25, 0.3) is 0 Å². The smallest absolute Gasteiger partial charge is 0.144 e. The van der Waals surface area contributed by atoms with Crippen molar-refractivity contribution in [2.45, 2.75) is 47.0 Å². The maximum atomic E-state index is 14.1. The third kappa shape index (κ3) is 4.75. The lowest BCUT2D eigenvalue weighted by molar-refractivity contribution is 0.240. The second kappa shape index (κ2) is 7.99. The van der Waals surface area contributed by atoms with Crippen molar-refractivity contribution < 1.29 is 4.39 Å². The molecule has 1 aromatic rings. The van der Waals surface area contributed by atoms with Gasteiger partial charge in [-0.3, -0.25) is 0 Å². The molecule has 1 aromatic carbocycles. The van der Waals surface area contributed by atoms with Crippen molar-refractivity contribution in [2.24, 2.45) is 11.3 Å². The van der Waals surface area contributed by atoms with Crippen molar-refractivity contribution in [3.05, 3.63) is 34.6 Å². The molecule has 0 aromatic heterocycles. The molecule has 0 unspecified atom stereocenters. The second-order valence-electron chi connectivity index (χ2n) is 6.12. The first kappa shape index (κ1) is 17.5. The highest BCUT2D eigenvalue weighted by Crippen LogP contribution is 2.32. The summed E-state index contributed by atoms with van der Waals surface area (Å²) in [7, 11) is 0. The van der Waals surface area contributed by atoms with Crippen LogP contribution in [-0.4, -0.2) is 13.1 Å². The molecule has 0 radical (unpaired) electrons. The summed E-state index contributed by atoms with van der Waals surface area (Å²) < 4.78 is 14.1. The Balaban J connectivity index is 2.82. The van der Waals surface area contributed by atoms with Crippen molar-refractivity contribution >= 4 is 11.6 Å². The van der Waals surface area contributed by atoms with E-state index in [0.29, 0.717) is 5.92 Å². The van der Waals surface area contributed by atoms with Gasteiger partial charge in [-0.25, -0.2) is 4.39 Å². The SMILES string of the molecule is CCC(CC)(CNCC(C)C)Cc1cccc(Cl)c1F. The first-order valence-corrected chi connectivity index (χ1v) is 7.95. The number of nitrogens with one attached hydrogen (secondary N) is 1. The van der Waals surface area contributed by atoms with Crippen LogP contribution in [0, 0.1) is 17.2 Å². The van der Waals surface area contributed by atoms with Gasteiger partial charge in [0, 0.05) is 6.54 Å². The summed E-state index contributed by atoms with van der Waals surface area (Å²) >= 11 is 5.88. The largest absolute Gasteiger partial charge is 0.316 e. The van der Waals surface area contributed by atoms with Crippen LogP contribution >= 0.6 is 11.6 Å². The second-order valence-corrected chi connectivity index (χ2v) is 6.53. The standard InChI is InChI=1S/C17H27ClFN/c1-5-17(6-2,12-20-11-13(3)4)10-14-8-7-9-15(18)16(14)19/h7-9,13,20H,5-6,10-12H2,1-4H3. The predicted molar refractivity (Wildman–Crippen MR) is 85.8 cm³/mol. The number of hydrogen-bond acceptors (Lipinski definition) is 1. The van der Waals surface area contributed by atoms with Gasteiger partial charge in [0.15, 0.2) is 0 Å². The summed E-state index contributed by atoms with van der Waals surface area (Å²) in [6.45, 7) is 10.7. The quantitative estimate of drug-likeness (QED) is 0.706. The Kier molecular flexibility index (Phi) is 6.97. The summed E-state index contributed by atoms with van der Waals surface area (Å²) in [6.07, 6.45) is 2.79. The molecule has 0 atom stereocenters. The van der Waals surface area contributed by atoms with Crippen molar-refractivity contribution in [1.82, 2.24) is 5.32 Å². The molecular weight excluding hydrogens is 273 g/mol. The molecule has 0 aliphatic heterocycles. The molecule has 0 spiro atoms. The molecule has 0 heterocycles. The fourth-order valence-corrected chi connectivity index (χ4v) is 2.72. The molecule has 20 heavy (non-hydrogen) atoms. The van der Waals surface area contributed by atoms with E-state index >= 15 is 0 Å². The number of rotatable bonds is 8. The Morgan fingerprint density at radius 2 is 1.90 bits per heavy atom. The van der Waals surface area contributed by atoms with E-state index in [2.05, 4.69) is 33.0 Å². The highest BCUT2D eigenvalue weighted by molar-refractivity contribution is 6.30. The van der Waals surface area contributed by atoms with Crippen LogP contribution in [0.3, 0.4) is 0 Å². The van der Waals surface area contributed by atoms with Gasteiger partial charge in [0.05, 0.1) is 5.02 Å². The highest BCUT2D eigenvalue weighted by atomic mass is 35.5. The molecule has 114 valence electrons. The molecule has 0 aliphatic carbocycles. The van der Waals surface area contributed by atoms with Gasteiger partial charge in [-0.1, -0.05) is 51.4 Å². The van der Waals surface area contributed by atoms with Crippen molar-refractivity contribution in [1.29, 1.82) is 0 Å². The lowest BCUT2D eigenvalue weighted by atomic mass is 9.76. The summed E-state index contributed by atoms with van der Waals surface area (Å²) in [5.74, 6) is 0.369. The lowest BCUT2D eigenvalue weighted by Gasteiger charge is -2.33. The fraction of sp³-hybridized carbons (Fsp3) is 0.647. The molecule has 0 fully saturated rings. The average molecular weight is 300 g/mol. The van der Waals surface area contributed by atoms with Gasteiger partial charge >= 0.3 is 0 Å². The molecule has 1 nitrogen and oxygen atoms in total. The van der Waals surface area contributed by atoms with Crippen LogP contribution in [0.1, 0.15) is 46.1 Å². The molecule has 0 amide bonds. The Morgan fingerprint density at radius 1 is 1.25 bits per heavy atom. The molecule has 1 N–H and O–H groups in total. The van der Waals surface area contributed by atoms with Gasteiger partial charge in [-0.2, -0.15) is 0 Å².